The topological polar surface area (TPSA) is 29.5 Å². The van der Waals surface area contributed by atoms with E-state index in [9.17, 15) is 0 Å². The first-order valence-corrected chi connectivity index (χ1v) is 16.5. The lowest BCUT2D eigenvalue weighted by molar-refractivity contribution is 0.667. The van der Waals surface area contributed by atoms with Gasteiger partial charge in [-0.3, -0.25) is 0 Å². The summed E-state index contributed by atoms with van der Waals surface area (Å²) in [5.74, 6) is 0. The number of benzene rings is 7. The van der Waals surface area contributed by atoms with E-state index in [1.807, 2.05) is 24.3 Å². The number of nitrogens with zero attached hydrogens (tertiary/aromatic N) is 1. The van der Waals surface area contributed by atoms with Crippen molar-refractivity contribution in [2.45, 2.75) is 6.92 Å². The molecule has 9 aromatic rings. The van der Waals surface area contributed by atoms with Crippen LogP contribution in [-0.4, -0.2) is 0 Å². The Hall–Kier alpha value is -5.58. The van der Waals surface area contributed by atoms with Gasteiger partial charge >= 0.3 is 0 Å². The Morgan fingerprint density at radius 3 is 1.81 bits per heavy atom. The van der Waals surface area contributed by atoms with Crippen LogP contribution in [-0.2, 0) is 0 Å². The van der Waals surface area contributed by atoms with Crippen molar-refractivity contribution in [3.8, 4) is 22.3 Å². The molecule has 4 heteroatoms. The van der Waals surface area contributed by atoms with Crippen LogP contribution in [0.3, 0.4) is 0 Å². The van der Waals surface area contributed by atoms with Crippen LogP contribution in [0.4, 0.5) is 17.1 Å². The van der Waals surface area contributed by atoms with E-state index in [-0.39, 0.29) is 0 Å². The first kappa shape index (κ1) is 27.7. The second-order valence-corrected chi connectivity index (χ2v) is 12.9. The minimum atomic E-state index is 0.820. The molecule has 0 N–H and O–H groups in total. The molecule has 0 aliphatic heterocycles. The van der Waals surface area contributed by atoms with E-state index in [1.165, 1.54) is 5.56 Å². The molecule has 7 aromatic carbocycles. The van der Waals surface area contributed by atoms with E-state index in [0.717, 1.165) is 87.7 Å². The highest BCUT2D eigenvalue weighted by Crippen LogP contribution is 2.46. The third-order valence-electron chi connectivity index (χ3n) is 8.95. The lowest BCUT2D eigenvalue weighted by atomic mass is 9.96. The van der Waals surface area contributed by atoms with Crippen molar-refractivity contribution in [3.05, 3.63) is 162 Å². The molecule has 0 unspecified atom stereocenters. The fourth-order valence-corrected chi connectivity index (χ4v) is 7.12. The van der Waals surface area contributed by atoms with E-state index in [0.29, 0.717) is 0 Å². The number of halogens is 1. The van der Waals surface area contributed by atoms with Gasteiger partial charge in [-0.05, 0) is 83.8 Å². The highest BCUT2D eigenvalue weighted by Gasteiger charge is 2.23. The van der Waals surface area contributed by atoms with Gasteiger partial charge in [0.05, 0.1) is 11.4 Å². The molecule has 9 rings (SSSR count). The molecule has 0 radical (unpaired) electrons. The molecule has 0 aliphatic carbocycles. The van der Waals surface area contributed by atoms with Crippen LogP contribution in [0.1, 0.15) is 5.56 Å². The highest BCUT2D eigenvalue weighted by atomic mass is 79.9. The van der Waals surface area contributed by atoms with Crippen LogP contribution in [0.25, 0.3) is 66.1 Å². The van der Waals surface area contributed by atoms with Crippen LogP contribution < -0.4 is 4.90 Å². The van der Waals surface area contributed by atoms with Crippen LogP contribution in [0.2, 0.25) is 0 Å². The van der Waals surface area contributed by atoms with Crippen molar-refractivity contribution in [3.63, 3.8) is 0 Å². The van der Waals surface area contributed by atoms with Crippen molar-refractivity contribution in [2.75, 3.05) is 4.90 Å². The Bertz CT molecular complexity index is 2600. The first-order chi connectivity index (χ1) is 23.1. The predicted octanol–water partition coefficient (Wildman–Crippen LogP) is 13.4. The number of hydrogen-bond donors (Lipinski definition) is 0. The van der Waals surface area contributed by atoms with Gasteiger partial charge in [0, 0.05) is 37.8 Å². The molecule has 0 fully saturated rings. The Morgan fingerprint density at radius 1 is 0.447 bits per heavy atom. The van der Waals surface area contributed by atoms with E-state index in [2.05, 4.69) is 155 Å². The maximum absolute atomic E-state index is 6.66. The van der Waals surface area contributed by atoms with Gasteiger partial charge in [-0.25, -0.2) is 0 Å². The van der Waals surface area contributed by atoms with Gasteiger partial charge in [0.25, 0.3) is 0 Å². The quantitative estimate of drug-likeness (QED) is 0.183. The normalized spacial score (nSPS) is 11.6. The summed E-state index contributed by atoms with van der Waals surface area (Å²) >= 11 is 3.85. The van der Waals surface area contributed by atoms with Crippen molar-refractivity contribution < 1.29 is 8.83 Å². The smallest absolute Gasteiger partial charge is 0.159 e. The van der Waals surface area contributed by atoms with Crippen molar-refractivity contribution in [1.82, 2.24) is 0 Å². The number of fused-ring (bicyclic) bond motifs is 6. The minimum Gasteiger partial charge on any atom is -0.456 e. The summed E-state index contributed by atoms with van der Waals surface area (Å²) in [5, 5.41) is 4.33. The lowest BCUT2D eigenvalue weighted by Crippen LogP contribution is -2.11. The van der Waals surface area contributed by atoms with Gasteiger partial charge in [0.2, 0.25) is 0 Å². The second-order valence-electron chi connectivity index (χ2n) is 12.0. The van der Waals surface area contributed by atoms with Gasteiger partial charge in [0.15, 0.2) is 5.58 Å². The molecular weight excluding hydrogens is 642 g/mol. The number of aryl methyl sites for hydroxylation is 1. The number of hydrogen-bond acceptors (Lipinski definition) is 3. The molecule has 0 saturated heterocycles. The Kier molecular flexibility index (Phi) is 6.51. The summed E-state index contributed by atoms with van der Waals surface area (Å²) in [6, 6.07) is 53.3. The Balaban J connectivity index is 1.36. The molecule has 224 valence electrons. The van der Waals surface area contributed by atoms with Gasteiger partial charge in [-0.2, -0.15) is 0 Å². The fraction of sp³-hybridized carbons (Fsp3) is 0.0233. The van der Waals surface area contributed by atoms with Crippen molar-refractivity contribution in [2.24, 2.45) is 0 Å². The van der Waals surface area contributed by atoms with Gasteiger partial charge in [-0.15, -0.1) is 0 Å². The molecule has 2 heterocycles. The predicted molar refractivity (Wildman–Crippen MR) is 199 cm³/mol. The highest BCUT2D eigenvalue weighted by molar-refractivity contribution is 9.10. The summed E-state index contributed by atoms with van der Waals surface area (Å²) in [5.41, 5.74) is 12.1. The van der Waals surface area contributed by atoms with Gasteiger partial charge < -0.3 is 13.7 Å². The number of furan rings is 2. The zero-order valence-corrected chi connectivity index (χ0v) is 27.2. The van der Waals surface area contributed by atoms with Gasteiger partial charge in [-0.1, -0.05) is 112 Å². The third-order valence-corrected chi connectivity index (χ3v) is 9.41. The average Bonchev–Trinajstić information content (AvgIpc) is 3.67. The molecule has 3 nitrogen and oxygen atoms in total. The number of anilines is 3. The summed E-state index contributed by atoms with van der Waals surface area (Å²) in [7, 11) is 0. The molecule has 0 amide bonds. The molecule has 0 atom stereocenters. The summed E-state index contributed by atoms with van der Waals surface area (Å²) in [6.07, 6.45) is 0. The van der Waals surface area contributed by atoms with Crippen molar-refractivity contribution in [1.29, 1.82) is 0 Å². The first-order valence-electron chi connectivity index (χ1n) is 15.7. The van der Waals surface area contributed by atoms with Crippen LogP contribution in [0.15, 0.2) is 165 Å². The SMILES string of the molecule is Cc1ccc(-c2cc(-c3ccccc3)cc(N(c3ccc4c(c3)oc3ccccc34)c3cc(Br)cc4c3oc3ccccc34)c2)cc1. The summed E-state index contributed by atoms with van der Waals surface area (Å²) < 4.78 is 14.0. The maximum atomic E-state index is 6.66. The van der Waals surface area contributed by atoms with Crippen LogP contribution >= 0.6 is 15.9 Å². The third kappa shape index (κ3) is 4.81. The molecule has 47 heavy (non-hydrogen) atoms. The van der Waals surface area contributed by atoms with Crippen LogP contribution in [0, 0.1) is 6.92 Å². The molecular formula is C43H28BrNO2. The lowest BCUT2D eigenvalue weighted by Gasteiger charge is -2.27. The van der Waals surface area contributed by atoms with E-state index >= 15 is 0 Å². The summed E-state index contributed by atoms with van der Waals surface area (Å²) in [6.45, 7) is 2.12. The fourth-order valence-electron chi connectivity index (χ4n) is 6.67. The molecule has 0 aliphatic rings. The zero-order valence-electron chi connectivity index (χ0n) is 25.6. The Labute approximate surface area is 280 Å². The summed E-state index contributed by atoms with van der Waals surface area (Å²) in [4.78, 5) is 2.30. The molecule has 0 bridgehead atoms. The standard InChI is InChI=1S/C43H28BrNO2/c1-27-15-17-29(18-16-27)31-21-30(28-9-3-2-4-10-28)22-34(23-31)45(33-19-20-37-35-11-5-7-13-40(35)46-42(37)26-33)39-25-32(44)24-38-36-12-6-8-14-41(36)47-43(38)39/h2-26H,1H3. The molecule has 0 spiro atoms. The number of para-hydroxylation sites is 2. The Morgan fingerprint density at radius 2 is 1.06 bits per heavy atom. The average molecular weight is 671 g/mol. The second kappa shape index (κ2) is 11.0. The minimum absolute atomic E-state index is 0.820. The van der Waals surface area contributed by atoms with E-state index in [4.69, 9.17) is 8.83 Å². The van der Waals surface area contributed by atoms with E-state index in [1.54, 1.807) is 0 Å². The molecule has 0 saturated carbocycles. The number of rotatable bonds is 5. The monoisotopic (exact) mass is 669 g/mol. The largest absolute Gasteiger partial charge is 0.456 e. The van der Waals surface area contributed by atoms with E-state index < -0.39 is 0 Å². The van der Waals surface area contributed by atoms with Crippen molar-refractivity contribution >= 4 is 76.9 Å². The zero-order chi connectivity index (χ0) is 31.5. The maximum Gasteiger partial charge on any atom is 0.159 e. The van der Waals surface area contributed by atoms with Crippen LogP contribution in [0.5, 0.6) is 0 Å². The molecule has 2 aromatic heterocycles. The van der Waals surface area contributed by atoms with Gasteiger partial charge in [0.1, 0.15) is 16.7 Å².